The lowest BCUT2D eigenvalue weighted by atomic mass is 9.97. The Balaban J connectivity index is 4.22. The minimum absolute atomic E-state index is 0.148. The summed E-state index contributed by atoms with van der Waals surface area (Å²) in [5.41, 5.74) is 0.148. The molecule has 1 atom stereocenters. The minimum Gasteiger partial charge on any atom is -0.234 e. The van der Waals surface area contributed by atoms with Crippen LogP contribution in [0.15, 0.2) is 16.5 Å². The Hall–Kier alpha value is -0.440. The van der Waals surface area contributed by atoms with Gasteiger partial charge >= 0.3 is 0 Å². The molecule has 3 heteroatoms. The Morgan fingerprint density at radius 2 is 1.57 bits per heavy atom. The molecule has 82 valence electrons. The van der Waals surface area contributed by atoms with E-state index in [-0.39, 0.29) is 10.2 Å². The highest BCUT2D eigenvalue weighted by molar-refractivity contribution is 7.85. The maximum absolute atomic E-state index is 11.5. The van der Waals surface area contributed by atoms with Gasteiger partial charge in [-0.25, -0.2) is 4.21 Å². The molecule has 1 unspecified atom stereocenters. The summed E-state index contributed by atoms with van der Waals surface area (Å²) in [4.78, 5) is 0. The van der Waals surface area contributed by atoms with Gasteiger partial charge in [0.1, 0.15) is 11.0 Å². The quantitative estimate of drug-likeness (QED) is 0.651. The summed E-state index contributed by atoms with van der Waals surface area (Å²) in [5.74, 6) is 0. The van der Waals surface area contributed by atoms with Crippen molar-refractivity contribution >= 4 is 17.2 Å². The van der Waals surface area contributed by atoms with Crippen molar-refractivity contribution in [3.8, 4) is 0 Å². The summed E-state index contributed by atoms with van der Waals surface area (Å²) in [7, 11) is -1.15. The van der Waals surface area contributed by atoms with Crippen molar-refractivity contribution in [3.05, 3.63) is 12.2 Å². The molecule has 0 N–H and O–H groups in total. The van der Waals surface area contributed by atoms with E-state index in [1.807, 2.05) is 32.9 Å². The second-order valence-corrected chi connectivity index (χ2v) is 7.28. The molecule has 0 aliphatic heterocycles. The van der Waals surface area contributed by atoms with Crippen LogP contribution < -0.4 is 0 Å². The van der Waals surface area contributed by atoms with Crippen LogP contribution in [-0.2, 0) is 11.0 Å². The smallest absolute Gasteiger partial charge is 0.144 e. The van der Waals surface area contributed by atoms with Crippen molar-refractivity contribution < 1.29 is 4.21 Å². The molecule has 0 fully saturated rings. The molecular formula is C11H21NOS. The van der Waals surface area contributed by atoms with E-state index in [1.165, 1.54) is 0 Å². The predicted molar refractivity (Wildman–Crippen MR) is 65.0 cm³/mol. The molecule has 0 radical (unpaired) electrons. The molecule has 14 heavy (non-hydrogen) atoms. The van der Waals surface area contributed by atoms with Crippen molar-refractivity contribution in [2.45, 2.75) is 46.3 Å². The zero-order valence-corrected chi connectivity index (χ0v) is 10.8. The highest BCUT2D eigenvalue weighted by Gasteiger charge is 2.17. The Labute approximate surface area is 90.1 Å². The molecule has 0 spiro atoms. The van der Waals surface area contributed by atoms with Crippen LogP contribution in [0.25, 0.3) is 0 Å². The zero-order chi connectivity index (χ0) is 11.4. The molecule has 0 amide bonds. The third-order valence-corrected chi connectivity index (χ3v) is 2.72. The largest absolute Gasteiger partial charge is 0.234 e. The second-order valence-electron chi connectivity index (χ2n) is 5.34. The maximum Gasteiger partial charge on any atom is 0.144 e. The van der Waals surface area contributed by atoms with Crippen LogP contribution in [0, 0.1) is 5.41 Å². The summed E-state index contributed by atoms with van der Waals surface area (Å²) in [6.07, 6.45) is 5.51. The van der Waals surface area contributed by atoms with Crippen molar-refractivity contribution in [1.82, 2.24) is 0 Å². The Morgan fingerprint density at radius 3 is 1.93 bits per heavy atom. The van der Waals surface area contributed by atoms with E-state index < -0.39 is 11.0 Å². The summed E-state index contributed by atoms with van der Waals surface area (Å²) in [5, 5.41) is 0. The van der Waals surface area contributed by atoms with Gasteiger partial charge in [0.2, 0.25) is 0 Å². The molecule has 0 aliphatic carbocycles. The van der Waals surface area contributed by atoms with E-state index in [9.17, 15) is 4.21 Å². The van der Waals surface area contributed by atoms with E-state index in [4.69, 9.17) is 0 Å². The van der Waals surface area contributed by atoms with E-state index in [1.54, 1.807) is 6.21 Å². The second kappa shape index (κ2) is 4.87. The normalized spacial score (nSPS) is 16.7. The fourth-order valence-electron chi connectivity index (χ4n) is 0.580. The fraction of sp³-hybridized carbons (Fsp3) is 0.727. The van der Waals surface area contributed by atoms with Crippen LogP contribution in [0.5, 0.6) is 0 Å². The Morgan fingerprint density at radius 1 is 1.07 bits per heavy atom. The summed E-state index contributed by atoms with van der Waals surface area (Å²) < 4.78 is 15.2. The number of hydrogen-bond acceptors (Lipinski definition) is 1. The maximum atomic E-state index is 11.5. The monoisotopic (exact) mass is 215 g/mol. The lowest BCUT2D eigenvalue weighted by molar-refractivity contribution is 0.545. The first-order chi connectivity index (χ1) is 6.13. The van der Waals surface area contributed by atoms with E-state index >= 15 is 0 Å². The molecule has 0 heterocycles. The van der Waals surface area contributed by atoms with E-state index in [2.05, 4.69) is 25.2 Å². The van der Waals surface area contributed by atoms with Crippen molar-refractivity contribution in [3.63, 3.8) is 0 Å². The summed E-state index contributed by atoms with van der Waals surface area (Å²) in [6.45, 7) is 12.1. The topological polar surface area (TPSA) is 29.4 Å². The predicted octanol–water partition coefficient (Wildman–Crippen LogP) is 3.12. The lowest BCUT2D eigenvalue weighted by Crippen LogP contribution is -2.19. The van der Waals surface area contributed by atoms with Gasteiger partial charge in [-0.05, 0) is 32.3 Å². The Bertz CT molecular complexity index is 253. The first kappa shape index (κ1) is 13.6. The standard InChI is InChI=1S/C11H21NOS/c1-10(2,3)8-7-9-12-14(13)11(4,5)6/h7-9H,1-6H3/b8-7+,12-9?. The Kier molecular flexibility index (Phi) is 4.72. The molecule has 0 saturated carbocycles. The zero-order valence-electron chi connectivity index (χ0n) is 10.00. The fourth-order valence-corrected chi connectivity index (χ4v) is 1.08. The third kappa shape index (κ3) is 7.01. The summed E-state index contributed by atoms with van der Waals surface area (Å²) >= 11 is 0. The average Bonchev–Trinajstić information content (AvgIpc) is 1.93. The van der Waals surface area contributed by atoms with Crippen LogP contribution in [-0.4, -0.2) is 15.2 Å². The molecule has 0 aromatic heterocycles. The first-order valence-electron chi connectivity index (χ1n) is 4.77. The molecule has 0 saturated heterocycles. The number of nitrogens with zero attached hydrogens (tertiary/aromatic N) is 1. The summed E-state index contributed by atoms with van der Waals surface area (Å²) in [6, 6.07) is 0. The molecule has 0 aromatic carbocycles. The lowest BCUT2D eigenvalue weighted by Gasteiger charge is -2.12. The SMILES string of the molecule is CC(C)(C)/C=C/C=NS(=O)C(C)(C)C. The number of allylic oxidation sites excluding steroid dienone is 2. The van der Waals surface area contributed by atoms with Gasteiger partial charge in [0.05, 0.1) is 4.75 Å². The third-order valence-electron chi connectivity index (χ3n) is 1.36. The van der Waals surface area contributed by atoms with Gasteiger partial charge in [-0.2, -0.15) is 4.40 Å². The van der Waals surface area contributed by atoms with Crippen LogP contribution in [0.1, 0.15) is 41.5 Å². The van der Waals surface area contributed by atoms with Gasteiger partial charge in [0, 0.05) is 6.21 Å². The van der Waals surface area contributed by atoms with Gasteiger partial charge in [0.15, 0.2) is 0 Å². The van der Waals surface area contributed by atoms with Crippen molar-refractivity contribution in [2.75, 3.05) is 0 Å². The molecule has 0 rings (SSSR count). The molecule has 0 bridgehead atoms. The van der Waals surface area contributed by atoms with E-state index in [0.717, 1.165) is 0 Å². The molecule has 2 nitrogen and oxygen atoms in total. The van der Waals surface area contributed by atoms with Gasteiger partial charge < -0.3 is 0 Å². The van der Waals surface area contributed by atoms with Gasteiger partial charge in [0.25, 0.3) is 0 Å². The average molecular weight is 215 g/mol. The number of rotatable bonds is 2. The highest BCUT2D eigenvalue weighted by atomic mass is 32.2. The van der Waals surface area contributed by atoms with Crippen molar-refractivity contribution in [2.24, 2.45) is 9.81 Å². The molecule has 0 aromatic rings. The van der Waals surface area contributed by atoms with Gasteiger partial charge in [-0.1, -0.05) is 26.8 Å². The number of hydrogen-bond donors (Lipinski definition) is 0. The van der Waals surface area contributed by atoms with Crippen LogP contribution >= 0.6 is 0 Å². The van der Waals surface area contributed by atoms with Crippen LogP contribution in [0.4, 0.5) is 0 Å². The molecule has 0 aliphatic rings. The highest BCUT2D eigenvalue weighted by Crippen LogP contribution is 2.14. The minimum atomic E-state index is -1.15. The van der Waals surface area contributed by atoms with Crippen LogP contribution in [0.3, 0.4) is 0 Å². The van der Waals surface area contributed by atoms with E-state index in [0.29, 0.717) is 0 Å². The van der Waals surface area contributed by atoms with Gasteiger partial charge in [-0.15, -0.1) is 0 Å². The first-order valence-corrected chi connectivity index (χ1v) is 5.87. The van der Waals surface area contributed by atoms with Crippen LogP contribution in [0.2, 0.25) is 0 Å². The van der Waals surface area contributed by atoms with Gasteiger partial charge in [-0.3, -0.25) is 0 Å². The van der Waals surface area contributed by atoms with Crippen molar-refractivity contribution in [1.29, 1.82) is 0 Å². The molecular weight excluding hydrogens is 194 g/mol.